The monoisotopic (exact) mass is 467 g/mol. The highest BCUT2D eigenvalue weighted by molar-refractivity contribution is 5.90. The first-order valence-electron chi connectivity index (χ1n) is 12.6. The van der Waals surface area contributed by atoms with E-state index in [0.717, 1.165) is 19.3 Å². The smallest absolute Gasteiger partial charge is 0.306 e. The average Bonchev–Trinajstić information content (AvgIpc) is 2.71. The zero-order valence-electron chi connectivity index (χ0n) is 21.4. The molecule has 190 valence electrons. The van der Waals surface area contributed by atoms with E-state index in [9.17, 15) is 19.5 Å². The molecule has 2 fully saturated rings. The molecule has 2 aliphatic heterocycles. The molecular weight excluding hydrogens is 422 g/mol. The van der Waals surface area contributed by atoms with Crippen LogP contribution in [-0.2, 0) is 19.1 Å². The number of esters is 1. The summed E-state index contributed by atoms with van der Waals surface area (Å²) in [6, 6.07) is -0.649. The average molecular weight is 468 g/mol. The van der Waals surface area contributed by atoms with Gasteiger partial charge >= 0.3 is 5.97 Å². The number of carbonyl (C=O) groups is 3. The lowest BCUT2D eigenvalue weighted by atomic mass is 9.92. The fourth-order valence-corrected chi connectivity index (χ4v) is 4.65. The third-order valence-electron chi connectivity index (χ3n) is 6.36. The molecule has 8 heteroatoms. The van der Waals surface area contributed by atoms with Crippen molar-refractivity contribution >= 4 is 17.8 Å². The van der Waals surface area contributed by atoms with E-state index in [4.69, 9.17) is 4.74 Å². The second-order valence-electron chi connectivity index (χ2n) is 11.3. The molecule has 0 aromatic rings. The molecule has 33 heavy (non-hydrogen) atoms. The van der Waals surface area contributed by atoms with E-state index < -0.39 is 11.6 Å². The van der Waals surface area contributed by atoms with Crippen molar-refractivity contribution in [2.75, 3.05) is 32.8 Å². The van der Waals surface area contributed by atoms with Gasteiger partial charge in [-0.2, -0.15) is 0 Å². The molecule has 2 rings (SSSR count). The van der Waals surface area contributed by atoms with E-state index in [2.05, 4.69) is 33.0 Å². The summed E-state index contributed by atoms with van der Waals surface area (Å²) in [7, 11) is 0. The summed E-state index contributed by atoms with van der Waals surface area (Å²) in [5, 5.41) is 13.0. The minimum Gasteiger partial charge on any atom is -0.463 e. The number of amides is 2. The van der Waals surface area contributed by atoms with Crippen molar-refractivity contribution in [2.24, 2.45) is 17.8 Å². The van der Waals surface area contributed by atoms with Gasteiger partial charge in [-0.15, -0.1) is 0 Å². The van der Waals surface area contributed by atoms with Crippen LogP contribution in [0, 0.1) is 17.8 Å². The molecule has 2 heterocycles. The molecule has 0 aliphatic carbocycles. The van der Waals surface area contributed by atoms with Gasteiger partial charge in [-0.05, 0) is 57.3 Å². The Morgan fingerprint density at radius 2 is 1.76 bits per heavy atom. The van der Waals surface area contributed by atoms with Gasteiger partial charge in [0, 0.05) is 32.6 Å². The first kappa shape index (κ1) is 27.6. The molecule has 2 atom stereocenters. The molecule has 0 spiro atoms. The van der Waals surface area contributed by atoms with Gasteiger partial charge in [0.2, 0.25) is 11.8 Å². The Kier molecular flexibility index (Phi) is 10.2. The molecule has 2 amide bonds. The summed E-state index contributed by atoms with van der Waals surface area (Å²) in [5.41, 5.74) is -1.04. The first-order chi connectivity index (χ1) is 15.4. The predicted molar refractivity (Wildman–Crippen MR) is 127 cm³/mol. The maximum atomic E-state index is 13.5. The van der Waals surface area contributed by atoms with Crippen molar-refractivity contribution < 1.29 is 24.2 Å². The maximum absolute atomic E-state index is 13.5. The quantitative estimate of drug-likeness (QED) is 0.478. The van der Waals surface area contributed by atoms with Gasteiger partial charge in [-0.25, -0.2) is 0 Å². The van der Waals surface area contributed by atoms with Gasteiger partial charge < -0.3 is 25.0 Å². The molecule has 0 unspecified atom stereocenters. The Labute approximate surface area is 199 Å². The van der Waals surface area contributed by atoms with Crippen LogP contribution in [-0.4, -0.2) is 83.2 Å². The molecule has 0 bridgehead atoms. The zero-order chi connectivity index (χ0) is 24.8. The van der Waals surface area contributed by atoms with Crippen LogP contribution in [0.15, 0.2) is 0 Å². The fraction of sp³-hybridized carbons (Fsp3) is 0.880. The van der Waals surface area contributed by atoms with Gasteiger partial charge in [0.15, 0.2) is 0 Å². The highest BCUT2D eigenvalue weighted by Gasteiger charge is 2.39. The summed E-state index contributed by atoms with van der Waals surface area (Å²) in [5.74, 6) is 0.641. The molecule has 0 radical (unpaired) electrons. The molecule has 2 aliphatic rings. The molecule has 8 nitrogen and oxygen atoms in total. The van der Waals surface area contributed by atoms with Crippen LogP contribution in [0.25, 0.3) is 0 Å². The summed E-state index contributed by atoms with van der Waals surface area (Å²) in [6.45, 7) is 14.0. The van der Waals surface area contributed by atoms with Gasteiger partial charge in [-0.1, -0.05) is 27.7 Å². The lowest BCUT2D eigenvalue weighted by Crippen LogP contribution is -2.62. The fourth-order valence-electron chi connectivity index (χ4n) is 4.65. The summed E-state index contributed by atoms with van der Waals surface area (Å²) < 4.78 is 5.17. The minimum atomic E-state index is -1.04. The summed E-state index contributed by atoms with van der Waals surface area (Å²) in [4.78, 5) is 42.5. The number of hydrogen-bond acceptors (Lipinski definition) is 6. The Bertz CT molecular complexity index is 665. The number of aliphatic hydroxyl groups is 1. The SMILES string of the molecule is CC(C)C[C@@H]1NCCN([C@@H](CC(C)C)C(=O)N2CCC(CC(=O)OCC(C)(C)O)CC2)C1=O. The van der Waals surface area contributed by atoms with E-state index in [-0.39, 0.29) is 36.4 Å². The number of rotatable bonds is 10. The lowest BCUT2D eigenvalue weighted by molar-refractivity contribution is -0.152. The molecular formula is C25H45N3O5. The highest BCUT2D eigenvalue weighted by Crippen LogP contribution is 2.25. The van der Waals surface area contributed by atoms with Crippen molar-refractivity contribution in [3.63, 3.8) is 0 Å². The zero-order valence-corrected chi connectivity index (χ0v) is 21.4. The van der Waals surface area contributed by atoms with Crippen molar-refractivity contribution in [3.8, 4) is 0 Å². The Balaban J connectivity index is 1.96. The van der Waals surface area contributed by atoms with Crippen LogP contribution < -0.4 is 5.32 Å². The van der Waals surface area contributed by atoms with E-state index in [1.165, 1.54) is 0 Å². The van der Waals surface area contributed by atoms with Crippen molar-refractivity contribution in [3.05, 3.63) is 0 Å². The van der Waals surface area contributed by atoms with Crippen LogP contribution in [0.1, 0.15) is 73.6 Å². The third kappa shape index (κ3) is 8.89. The standard InChI is InChI=1S/C25H45N3O5/c1-17(2)13-20-23(30)28(12-9-26-20)21(14-18(3)4)24(31)27-10-7-19(8-11-27)15-22(29)33-16-25(5,6)32/h17-21,26,32H,7-16H2,1-6H3/t20-,21-/m0/s1. The largest absolute Gasteiger partial charge is 0.463 e. The number of carbonyl (C=O) groups excluding carboxylic acids is 3. The van der Waals surface area contributed by atoms with Crippen LogP contribution >= 0.6 is 0 Å². The Morgan fingerprint density at radius 3 is 2.30 bits per heavy atom. The van der Waals surface area contributed by atoms with E-state index in [1.807, 2.05) is 9.80 Å². The van der Waals surface area contributed by atoms with Gasteiger partial charge in [0.05, 0.1) is 11.6 Å². The van der Waals surface area contributed by atoms with Gasteiger partial charge in [0.25, 0.3) is 0 Å². The number of ether oxygens (including phenoxy) is 1. The van der Waals surface area contributed by atoms with Crippen LogP contribution in [0.2, 0.25) is 0 Å². The van der Waals surface area contributed by atoms with Gasteiger partial charge in [0.1, 0.15) is 12.6 Å². The number of nitrogens with one attached hydrogen (secondary N) is 1. The van der Waals surface area contributed by atoms with Gasteiger partial charge in [-0.3, -0.25) is 14.4 Å². The highest BCUT2D eigenvalue weighted by atomic mass is 16.5. The summed E-state index contributed by atoms with van der Waals surface area (Å²) in [6.07, 6.45) is 3.21. The van der Waals surface area contributed by atoms with Crippen LogP contribution in [0.3, 0.4) is 0 Å². The molecule has 2 N–H and O–H groups in total. The normalized spacial score (nSPS) is 21.6. The molecule has 2 saturated heterocycles. The van der Waals surface area contributed by atoms with Crippen molar-refractivity contribution in [1.82, 2.24) is 15.1 Å². The van der Waals surface area contributed by atoms with Crippen molar-refractivity contribution in [2.45, 2.75) is 91.3 Å². The minimum absolute atomic E-state index is 0.0173. The Hall–Kier alpha value is -1.67. The maximum Gasteiger partial charge on any atom is 0.306 e. The van der Waals surface area contributed by atoms with Crippen molar-refractivity contribution in [1.29, 1.82) is 0 Å². The number of piperazine rings is 1. The van der Waals surface area contributed by atoms with Crippen LogP contribution in [0.4, 0.5) is 0 Å². The molecule has 0 saturated carbocycles. The predicted octanol–water partition coefficient (Wildman–Crippen LogP) is 2.19. The number of piperidine rings is 1. The summed E-state index contributed by atoms with van der Waals surface area (Å²) >= 11 is 0. The second-order valence-corrected chi connectivity index (χ2v) is 11.3. The molecule has 0 aromatic carbocycles. The second kappa shape index (κ2) is 12.2. The van der Waals surface area contributed by atoms with Crippen LogP contribution in [0.5, 0.6) is 0 Å². The third-order valence-corrected chi connectivity index (χ3v) is 6.36. The van der Waals surface area contributed by atoms with E-state index >= 15 is 0 Å². The number of nitrogens with zero attached hydrogens (tertiary/aromatic N) is 2. The Morgan fingerprint density at radius 1 is 1.12 bits per heavy atom. The number of likely N-dealkylation sites (tertiary alicyclic amines) is 1. The first-order valence-corrected chi connectivity index (χ1v) is 12.6. The van der Waals surface area contributed by atoms with E-state index in [0.29, 0.717) is 50.9 Å². The number of hydrogen-bond donors (Lipinski definition) is 2. The topological polar surface area (TPSA) is 99.2 Å². The molecule has 0 aromatic heterocycles. The van der Waals surface area contributed by atoms with E-state index in [1.54, 1.807) is 13.8 Å². The lowest BCUT2D eigenvalue weighted by Gasteiger charge is -2.42.